The van der Waals surface area contributed by atoms with Gasteiger partial charge in [-0.25, -0.2) is 0 Å². The zero-order valence-electron chi connectivity index (χ0n) is 18.1. The van der Waals surface area contributed by atoms with E-state index in [1.165, 1.54) is 12.6 Å². The standard InChI is InChI=1S/C14H16N2O4.C8H10O.CH5N/c1-2-11(17)8-12(15)14(20)16-10-5-3-9(4-6-10)7-13(18)19;1-9-7-8-5-3-2-4-6-8;1-2/h3-6,8H,2,7,15H2,1H3,(H,16,20)(H,18,19);2-6H,7H2,1H3;2H2,1H3/b12-8-;;. The lowest BCUT2D eigenvalue weighted by molar-refractivity contribution is -0.136. The van der Waals surface area contributed by atoms with Gasteiger partial charge in [0.15, 0.2) is 5.78 Å². The third-order valence-electron chi connectivity index (χ3n) is 3.65. The van der Waals surface area contributed by atoms with E-state index < -0.39 is 11.9 Å². The third-order valence-corrected chi connectivity index (χ3v) is 3.65. The Morgan fingerprint density at radius 1 is 1.00 bits per heavy atom. The van der Waals surface area contributed by atoms with Crippen molar-refractivity contribution in [3.8, 4) is 0 Å². The molecule has 168 valence electrons. The molecule has 31 heavy (non-hydrogen) atoms. The number of aliphatic carboxylic acids is 1. The van der Waals surface area contributed by atoms with Crippen LogP contribution in [0.4, 0.5) is 5.69 Å². The molecule has 1 amide bonds. The van der Waals surface area contributed by atoms with Gasteiger partial charge in [0, 0.05) is 25.3 Å². The summed E-state index contributed by atoms with van der Waals surface area (Å²) in [7, 11) is 3.20. The molecule has 0 aliphatic heterocycles. The van der Waals surface area contributed by atoms with E-state index in [1.54, 1.807) is 38.3 Å². The summed E-state index contributed by atoms with van der Waals surface area (Å²) < 4.78 is 4.93. The number of hydrogen-bond donors (Lipinski definition) is 4. The molecule has 0 unspecified atom stereocenters. The van der Waals surface area contributed by atoms with Crippen molar-refractivity contribution in [1.82, 2.24) is 0 Å². The van der Waals surface area contributed by atoms with Crippen molar-refractivity contribution < 1.29 is 24.2 Å². The van der Waals surface area contributed by atoms with Gasteiger partial charge in [0.05, 0.1) is 13.0 Å². The van der Waals surface area contributed by atoms with Crippen molar-refractivity contribution in [1.29, 1.82) is 0 Å². The van der Waals surface area contributed by atoms with Crippen molar-refractivity contribution in [3.63, 3.8) is 0 Å². The lowest BCUT2D eigenvalue weighted by Crippen LogP contribution is -2.21. The van der Waals surface area contributed by atoms with E-state index in [9.17, 15) is 14.4 Å². The Balaban J connectivity index is 0.000000679. The lowest BCUT2D eigenvalue weighted by Gasteiger charge is -2.06. The second kappa shape index (κ2) is 16.3. The number of allylic oxidation sites excluding steroid dienone is 1. The van der Waals surface area contributed by atoms with Crippen LogP contribution in [0.2, 0.25) is 0 Å². The lowest BCUT2D eigenvalue weighted by atomic mass is 10.1. The van der Waals surface area contributed by atoms with Gasteiger partial charge >= 0.3 is 5.97 Å². The van der Waals surface area contributed by atoms with Gasteiger partial charge in [-0.1, -0.05) is 49.4 Å². The number of carbonyl (C=O) groups excluding carboxylic acids is 2. The molecular formula is C23H31N3O5. The van der Waals surface area contributed by atoms with Gasteiger partial charge in [0.2, 0.25) is 0 Å². The molecule has 2 rings (SSSR count). The van der Waals surface area contributed by atoms with Gasteiger partial charge < -0.3 is 26.6 Å². The monoisotopic (exact) mass is 429 g/mol. The summed E-state index contributed by atoms with van der Waals surface area (Å²) in [6.07, 6.45) is 1.28. The predicted octanol–water partition coefficient (Wildman–Crippen LogP) is 2.48. The summed E-state index contributed by atoms with van der Waals surface area (Å²) in [6, 6.07) is 16.5. The van der Waals surface area contributed by atoms with E-state index in [0.717, 1.165) is 6.08 Å². The Labute approximate surface area is 182 Å². The summed E-state index contributed by atoms with van der Waals surface area (Å²) in [5.74, 6) is -1.72. The predicted molar refractivity (Wildman–Crippen MR) is 121 cm³/mol. The van der Waals surface area contributed by atoms with Crippen LogP contribution < -0.4 is 16.8 Å². The first-order valence-corrected chi connectivity index (χ1v) is 9.58. The van der Waals surface area contributed by atoms with Gasteiger partial charge in [-0.05, 0) is 30.3 Å². The number of benzene rings is 2. The quantitative estimate of drug-likeness (QED) is 0.472. The zero-order chi connectivity index (χ0) is 23.6. The average Bonchev–Trinajstić information content (AvgIpc) is 2.77. The normalized spacial score (nSPS) is 10.0. The van der Waals surface area contributed by atoms with Crippen molar-refractivity contribution in [2.24, 2.45) is 11.5 Å². The van der Waals surface area contributed by atoms with Crippen LogP contribution in [-0.2, 0) is 32.1 Å². The summed E-state index contributed by atoms with van der Waals surface area (Å²) >= 11 is 0. The molecular weight excluding hydrogens is 398 g/mol. The summed E-state index contributed by atoms with van der Waals surface area (Å²) in [6.45, 7) is 2.38. The highest BCUT2D eigenvalue weighted by atomic mass is 16.5. The van der Waals surface area contributed by atoms with Gasteiger partial charge in [0.25, 0.3) is 5.91 Å². The molecule has 0 aliphatic carbocycles. The van der Waals surface area contributed by atoms with Gasteiger partial charge in [-0.3, -0.25) is 14.4 Å². The van der Waals surface area contributed by atoms with Crippen LogP contribution in [-0.4, -0.2) is 36.9 Å². The van der Waals surface area contributed by atoms with E-state index in [0.29, 0.717) is 17.9 Å². The van der Waals surface area contributed by atoms with Gasteiger partial charge in [-0.2, -0.15) is 0 Å². The number of carboxylic acid groups (broad SMARTS) is 1. The Morgan fingerprint density at radius 2 is 1.58 bits per heavy atom. The van der Waals surface area contributed by atoms with E-state index >= 15 is 0 Å². The topological polar surface area (TPSA) is 145 Å². The SMILES string of the molecule is CCC(=O)/C=C(\N)C(=O)Nc1ccc(CC(=O)O)cc1.CN.COCc1ccccc1. The second-order valence-electron chi connectivity index (χ2n) is 6.06. The van der Waals surface area contributed by atoms with Crippen LogP contribution in [0.5, 0.6) is 0 Å². The number of anilines is 1. The number of carbonyl (C=O) groups is 3. The maximum atomic E-state index is 11.7. The number of rotatable bonds is 8. The third kappa shape index (κ3) is 12.6. The van der Waals surface area contributed by atoms with Crippen molar-refractivity contribution in [3.05, 3.63) is 77.5 Å². The number of amides is 1. The smallest absolute Gasteiger partial charge is 0.307 e. The largest absolute Gasteiger partial charge is 0.481 e. The number of nitrogens with one attached hydrogen (secondary N) is 1. The number of hydrogen-bond acceptors (Lipinski definition) is 6. The van der Waals surface area contributed by atoms with Crippen molar-refractivity contribution >= 4 is 23.3 Å². The van der Waals surface area contributed by atoms with Crippen molar-refractivity contribution in [2.45, 2.75) is 26.4 Å². The molecule has 2 aromatic carbocycles. The maximum Gasteiger partial charge on any atom is 0.307 e. The highest BCUT2D eigenvalue weighted by Crippen LogP contribution is 2.10. The molecule has 0 saturated heterocycles. The molecule has 0 bridgehead atoms. The molecule has 0 atom stereocenters. The molecule has 0 radical (unpaired) electrons. The van der Waals surface area contributed by atoms with Crippen molar-refractivity contribution in [2.75, 3.05) is 19.5 Å². The number of methoxy groups -OCH3 is 1. The highest BCUT2D eigenvalue weighted by Gasteiger charge is 2.08. The fourth-order valence-electron chi connectivity index (χ4n) is 2.17. The van der Waals surface area contributed by atoms with E-state index in [2.05, 4.69) is 11.1 Å². The molecule has 0 aromatic heterocycles. The Kier molecular flexibility index (Phi) is 14.5. The molecule has 8 heteroatoms. The van der Waals surface area contributed by atoms with Gasteiger partial charge in [-0.15, -0.1) is 0 Å². The first kappa shape index (κ1) is 27.5. The molecule has 0 saturated carbocycles. The molecule has 6 N–H and O–H groups in total. The first-order valence-electron chi connectivity index (χ1n) is 9.58. The number of ether oxygens (including phenoxy) is 1. The molecule has 0 aliphatic rings. The van der Waals surface area contributed by atoms with Crippen LogP contribution in [0.15, 0.2) is 66.4 Å². The number of carboxylic acids is 1. The number of ketones is 1. The Bertz CT molecular complexity index is 834. The average molecular weight is 430 g/mol. The van der Waals surface area contributed by atoms with Crippen LogP contribution >= 0.6 is 0 Å². The minimum atomic E-state index is -0.924. The molecule has 2 aromatic rings. The van der Waals surface area contributed by atoms with Crippen LogP contribution in [0.25, 0.3) is 0 Å². The zero-order valence-corrected chi connectivity index (χ0v) is 18.1. The molecule has 8 nitrogen and oxygen atoms in total. The fraction of sp³-hybridized carbons (Fsp3) is 0.261. The Morgan fingerprint density at radius 3 is 2.06 bits per heavy atom. The minimum Gasteiger partial charge on any atom is -0.481 e. The van der Waals surface area contributed by atoms with Crippen LogP contribution in [0.1, 0.15) is 24.5 Å². The first-order chi connectivity index (χ1) is 14.8. The van der Waals surface area contributed by atoms with E-state index in [4.69, 9.17) is 15.6 Å². The van der Waals surface area contributed by atoms with Crippen LogP contribution in [0.3, 0.4) is 0 Å². The summed E-state index contributed by atoms with van der Waals surface area (Å²) in [5.41, 5.74) is 12.2. The van der Waals surface area contributed by atoms with Crippen LogP contribution in [0, 0.1) is 0 Å². The summed E-state index contributed by atoms with van der Waals surface area (Å²) in [4.78, 5) is 33.3. The van der Waals surface area contributed by atoms with Gasteiger partial charge in [0.1, 0.15) is 5.70 Å². The molecule has 0 fully saturated rings. The maximum absolute atomic E-state index is 11.7. The number of nitrogens with two attached hydrogens (primary N) is 2. The fourth-order valence-corrected chi connectivity index (χ4v) is 2.17. The van der Waals surface area contributed by atoms with E-state index in [1.807, 2.05) is 30.3 Å². The second-order valence-corrected chi connectivity index (χ2v) is 6.06. The highest BCUT2D eigenvalue weighted by molar-refractivity contribution is 6.07. The summed E-state index contributed by atoms with van der Waals surface area (Å²) in [5, 5.41) is 11.2. The molecule has 0 heterocycles. The van der Waals surface area contributed by atoms with E-state index in [-0.39, 0.29) is 24.3 Å². The molecule has 0 spiro atoms. The minimum absolute atomic E-state index is 0.0821. The Hall–Kier alpha value is -3.49.